The Kier molecular flexibility index (Phi) is 5.08. The summed E-state index contributed by atoms with van der Waals surface area (Å²) in [6, 6.07) is 0. The Bertz CT molecular complexity index is 741. The maximum absolute atomic E-state index is 12.2. The second kappa shape index (κ2) is 7.25. The minimum absolute atomic E-state index is 0.103. The lowest BCUT2D eigenvalue weighted by molar-refractivity contribution is 0.0940. The van der Waals surface area contributed by atoms with E-state index in [4.69, 9.17) is 0 Å². The number of carbonyl (C=O) groups excluding carboxylic acids is 1. The number of aryl methyl sites for hydroxylation is 1. The van der Waals surface area contributed by atoms with Crippen molar-refractivity contribution in [3.05, 3.63) is 33.2 Å². The van der Waals surface area contributed by atoms with E-state index in [-0.39, 0.29) is 5.91 Å². The molecule has 2 N–H and O–H groups in total. The SMILES string of the molecule is CCc1csc(CNc2nc(CC(C)C)nc3c2CCNC3=O)n1. The van der Waals surface area contributed by atoms with Crippen molar-refractivity contribution in [1.29, 1.82) is 0 Å². The maximum Gasteiger partial charge on any atom is 0.270 e. The van der Waals surface area contributed by atoms with Gasteiger partial charge in [0.1, 0.15) is 22.3 Å². The first-order valence-electron chi connectivity index (χ1n) is 8.42. The van der Waals surface area contributed by atoms with Crippen LogP contribution < -0.4 is 10.6 Å². The van der Waals surface area contributed by atoms with Crippen molar-refractivity contribution in [2.24, 2.45) is 5.92 Å². The molecule has 0 saturated heterocycles. The van der Waals surface area contributed by atoms with E-state index < -0.39 is 0 Å². The number of carbonyl (C=O) groups is 1. The van der Waals surface area contributed by atoms with Crippen molar-refractivity contribution >= 4 is 23.1 Å². The second-order valence-electron chi connectivity index (χ2n) is 6.36. The summed E-state index contributed by atoms with van der Waals surface area (Å²) < 4.78 is 0. The molecule has 6 nitrogen and oxygen atoms in total. The summed E-state index contributed by atoms with van der Waals surface area (Å²) in [7, 11) is 0. The van der Waals surface area contributed by atoms with Crippen molar-refractivity contribution in [3.8, 4) is 0 Å². The molecular formula is C17H23N5OS. The topological polar surface area (TPSA) is 79.8 Å². The molecule has 2 aromatic heterocycles. The highest BCUT2D eigenvalue weighted by atomic mass is 32.1. The fraction of sp³-hybridized carbons (Fsp3) is 0.529. The third kappa shape index (κ3) is 3.72. The van der Waals surface area contributed by atoms with E-state index in [2.05, 4.69) is 51.7 Å². The molecule has 0 unspecified atom stereocenters. The molecular weight excluding hydrogens is 322 g/mol. The number of fused-ring (bicyclic) bond motifs is 1. The van der Waals surface area contributed by atoms with Crippen molar-refractivity contribution in [2.75, 3.05) is 11.9 Å². The van der Waals surface area contributed by atoms with Gasteiger partial charge in [0, 0.05) is 23.9 Å². The van der Waals surface area contributed by atoms with Crippen molar-refractivity contribution < 1.29 is 4.79 Å². The first kappa shape index (κ1) is 16.8. The van der Waals surface area contributed by atoms with Crippen LogP contribution in [0.2, 0.25) is 0 Å². The number of aromatic nitrogens is 3. The predicted octanol–water partition coefficient (Wildman–Crippen LogP) is 2.59. The predicted molar refractivity (Wildman–Crippen MR) is 95.4 cm³/mol. The molecule has 128 valence electrons. The van der Waals surface area contributed by atoms with Gasteiger partial charge >= 0.3 is 0 Å². The molecule has 3 rings (SSSR count). The van der Waals surface area contributed by atoms with E-state index in [1.54, 1.807) is 11.3 Å². The van der Waals surface area contributed by atoms with Crippen LogP contribution in [0.3, 0.4) is 0 Å². The zero-order valence-corrected chi connectivity index (χ0v) is 15.2. The molecule has 7 heteroatoms. The Morgan fingerprint density at radius 3 is 2.88 bits per heavy atom. The number of amides is 1. The van der Waals surface area contributed by atoms with Gasteiger partial charge in [0.25, 0.3) is 5.91 Å². The van der Waals surface area contributed by atoms with Crippen LogP contribution in [-0.2, 0) is 25.8 Å². The normalized spacial score (nSPS) is 13.8. The first-order chi connectivity index (χ1) is 11.6. The number of hydrogen-bond acceptors (Lipinski definition) is 6. The van der Waals surface area contributed by atoms with Crippen molar-refractivity contribution in [3.63, 3.8) is 0 Å². The highest BCUT2D eigenvalue weighted by molar-refractivity contribution is 7.09. The minimum atomic E-state index is -0.103. The van der Waals surface area contributed by atoms with Gasteiger partial charge < -0.3 is 10.6 Å². The average molecular weight is 345 g/mol. The summed E-state index contributed by atoms with van der Waals surface area (Å²) in [5.74, 6) is 1.83. The molecule has 2 aromatic rings. The minimum Gasteiger partial charge on any atom is -0.363 e. The van der Waals surface area contributed by atoms with E-state index in [1.165, 1.54) is 0 Å². The van der Waals surface area contributed by atoms with Gasteiger partial charge in [0.2, 0.25) is 0 Å². The third-order valence-electron chi connectivity index (χ3n) is 3.89. The summed E-state index contributed by atoms with van der Waals surface area (Å²) in [5, 5.41) is 9.36. The van der Waals surface area contributed by atoms with Gasteiger partial charge in [-0.1, -0.05) is 20.8 Å². The lowest BCUT2D eigenvalue weighted by Gasteiger charge is -2.20. The monoisotopic (exact) mass is 345 g/mol. The number of anilines is 1. The second-order valence-corrected chi connectivity index (χ2v) is 7.30. The van der Waals surface area contributed by atoms with Crippen LogP contribution in [0.4, 0.5) is 5.82 Å². The fourth-order valence-corrected chi connectivity index (χ4v) is 3.51. The van der Waals surface area contributed by atoms with Crippen LogP contribution in [0.1, 0.15) is 53.3 Å². The Hall–Kier alpha value is -2.02. The van der Waals surface area contributed by atoms with E-state index in [9.17, 15) is 4.79 Å². The van der Waals surface area contributed by atoms with Gasteiger partial charge in [-0.05, 0) is 18.8 Å². The zero-order chi connectivity index (χ0) is 17.1. The molecule has 0 fully saturated rings. The summed E-state index contributed by atoms with van der Waals surface area (Å²) >= 11 is 1.65. The van der Waals surface area contributed by atoms with E-state index in [0.717, 1.165) is 47.2 Å². The Balaban J connectivity index is 1.86. The Labute approximate surface area is 146 Å². The molecule has 0 atom stereocenters. The van der Waals surface area contributed by atoms with Crippen molar-refractivity contribution in [2.45, 2.75) is 46.6 Å². The Morgan fingerprint density at radius 2 is 2.17 bits per heavy atom. The zero-order valence-electron chi connectivity index (χ0n) is 14.3. The van der Waals surface area contributed by atoms with Gasteiger partial charge in [0.15, 0.2) is 0 Å². The largest absolute Gasteiger partial charge is 0.363 e. The highest BCUT2D eigenvalue weighted by Crippen LogP contribution is 2.22. The summed E-state index contributed by atoms with van der Waals surface area (Å²) in [6.07, 6.45) is 2.45. The number of nitrogens with zero attached hydrogens (tertiary/aromatic N) is 3. The quantitative estimate of drug-likeness (QED) is 0.841. The molecule has 1 aliphatic heterocycles. The molecule has 24 heavy (non-hydrogen) atoms. The van der Waals surface area contributed by atoms with Crippen molar-refractivity contribution in [1.82, 2.24) is 20.3 Å². The standard InChI is InChI=1S/C17H23N5OS/c1-4-11-9-24-14(20-11)8-19-16-12-5-6-18-17(23)15(12)21-13(22-16)7-10(2)3/h9-10H,4-8H2,1-3H3,(H,18,23)(H,19,21,22). The van der Waals surface area contributed by atoms with E-state index >= 15 is 0 Å². The van der Waals surface area contributed by atoms with Crippen LogP contribution in [0.5, 0.6) is 0 Å². The van der Waals surface area contributed by atoms with E-state index in [0.29, 0.717) is 24.7 Å². The smallest absolute Gasteiger partial charge is 0.270 e. The maximum atomic E-state index is 12.2. The molecule has 0 bridgehead atoms. The van der Waals surface area contributed by atoms with Gasteiger partial charge in [-0.25, -0.2) is 15.0 Å². The number of hydrogen-bond donors (Lipinski definition) is 2. The molecule has 0 saturated carbocycles. The summed E-state index contributed by atoms with van der Waals surface area (Å²) in [6.45, 7) is 7.60. The molecule has 3 heterocycles. The van der Waals surface area contributed by atoms with Crippen LogP contribution >= 0.6 is 11.3 Å². The first-order valence-corrected chi connectivity index (χ1v) is 9.30. The third-order valence-corrected chi connectivity index (χ3v) is 4.79. The Morgan fingerprint density at radius 1 is 1.33 bits per heavy atom. The van der Waals surface area contributed by atoms with Crippen LogP contribution in [0, 0.1) is 5.92 Å². The van der Waals surface area contributed by atoms with Crippen LogP contribution in [0.15, 0.2) is 5.38 Å². The lowest BCUT2D eigenvalue weighted by Crippen LogP contribution is -2.34. The number of rotatable bonds is 6. The number of thiazole rings is 1. The molecule has 0 radical (unpaired) electrons. The van der Waals surface area contributed by atoms with E-state index in [1.807, 2.05) is 0 Å². The molecule has 0 spiro atoms. The average Bonchev–Trinajstić information content (AvgIpc) is 3.01. The molecule has 1 aliphatic rings. The van der Waals surface area contributed by atoms with Crippen LogP contribution in [-0.4, -0.2) is 27.4 Å². The lowest BCUT2D eigenvalue weighted by atomic mass is 10.1. The van der Waals surface area contributed by atoms with Gasteiger partial charge in [-0.2, -0.15) is 0 Å². The fourth-order valence-electron chi connectivity index (χ4n) is 2.69. The number of nitrogens with one attached hydrogen (secondary N) is 2. The highest BCUT2D eigenvalue weighted by Gasteiger charge is 2.23. The molecule has 0 aromatic carbocycles. The van der Waals surface area contributed by atoms with Gasteiger partial charge in [-0.3, -0.25) is 4.79 Å². The van der Waals surface area contributed by atoms with Crippen LogP contribution in [0.25, 0.3) is 0 Å². The molecule has 0 aliphatic carbocycles. The molecule has 1 amide bonds. The summed E-state index contributed by atoms with van der Waals surface area (Å²) in [4.78, 5) is 25.9. The van der Waals surface area contributed by atoms with Gasteiger partial charge in [-0.15, -0.1) is 11.3 Å². The van der Waals surface area contributed by atoms with Gasteiger partial charge in [0.05, 0.1) is 12.2 Å². The summed E-state index contributed by atoms with van der Waals surface area (Å²) in [5.41, 5.74) is 2.54.